The van der Waals surface area contributed by atoms with E-state index in [0.717, 1.165) is 5.56 Å². The maximum atomic E-state index is 12.8. The zero-order valence-corrected chi connectivity index (χ0v) is 13.9. The van der Waals surface area contributed by atoms with Gasteiger partial charge in [-0.25, -0.2) is 8.42 Å². The van der Waals surface area contributed by atoms with Crippen LogP contribution in [-0.4, -0.2) is 61.9 Å². The van der Waals surface area contributed by atoms with E-state index < -0.39 is 10.0 Å². The van der Waals surface area contributed by atoms with Crippen LogP contribution >= 0.6 is 11.3 Å². The second-order valence-corrected chi connectivity index (χ2v) is 8.51. The molecule has 0 N–H and O–H groups in total. The normalized spacial score (nSPS) is 26.2. The lowest BCUT2D eigenvalue weighted by Crippen LogP contribution is -2.53. The number of rotatable bonds is 4. The van der Waals surface area contributed by atoms with Crippen molar-refractivity contribution in [3.8, 4) is 0 Å². The van der Waals surface area contributed by atoms with Gasteiger partial charge >= 0.3 is 0 Å². The van der Waals surface area contributed by atoms with Crippen molar-refractivity contribution in [1.29, 1.82) is 0 Å². The van der Waals surface area contributed by atoms with Crippen molar-refractivity contribution in [2.24, 2.45) is 0 Å². The van der Waals surface area contributed by atoms with E-state index in [9.17, 15) is 13.2 Å². The Balaban J connectivity index is 1.86. The van der Waals surface area contributed by atoms with Gasteiger partial charge < -0.3 is 9.64 Å². The standard InChI is InChI=1S/C14H18N2O4S2/c1-3-5-16-11-7-15(8-12(11)20-9-13(16)17)22(18,19)14-10(2)4-6-21-14/h3-4,6,11-12H,1,5,7-9H2,2H3/t11-,12-/m1/s1. The maximum Gasteiger partial charge on any atom is 0.252 e. The summed E-state index contributed by atoms with van der Waals surface area (Å²) in [6.45, 7) is 6.41. The van der Waals surface area contributed by atoms with Crippen LogP contribution in [0.4, 0.5) is 0 Å². The molecule has 6 nitrogen and oxygen atoms in total. The predicted molar refractivity (Wildman–Crippen MR) is 83.3 cm³/mol. The highest BCUT2D eigenvalue weighted by Crippen LogP contribution is 2.31. The largest absolute Gasteiger partial charge is 0.365 e. The van der Waals surface area contributed by atoms with Crippen LogP contribution in [0, 0.1) is 6.92 Å². The summed E-state index contributed by atoms with van der Waals surface area (Å²) in [7, 11) is -3.53. The lowest BCUT2D eigenvalue weighted by Gasteiger charge is -2.35. The fourth-order valence-corrected chi connectivity index (χ4v) is 5.97. The van der Waals surface area contributed by atoms with Crippen molar-refractivity contribution in [1.82, 2.24) is 9.21 Å². The van der Waals surface area contributed by atoms with Crippen LogP contribution in [0.25, 0.3) is 0 Å². The Labute approximate surface area is 134 Å². The first kappa shape index (κ1) is 15.7. The van der Waals surface area contributed by atoms with Crippen LogP contribution in [0.5, 0.6) is 0 Å². The van der Waals surface area contributed by atoms with Crippen molar-refractivity contribution in [2.75, 3.05) is 26.2 Å². The number of morpholine rings is 1. The molecular weight excluding hydrogens is 324 g/mol. The van der Waals surface area contributed by atoms with Crippen LogP contribution in [0.1, 0.15) is 5.56 Å². The van der Waals surface area contributed by atoms with Crippen LogP contribution < -0.4 is 0 Å². The first-order valence-electron chi connectivity index (χ1n) is 7.01. The Hall–Kier alpha value is -1.22. The van der Waals surface area contributed by atoms with E-state index in [1.165, 1.54) is 15.6 Å². The summed E-state index contributed by atoms with van der Waals surface area (Å²) in [6.07, 6.45) is 1.38. The molecule has 0 bridgehead atoms. The van der Waals surface area contributed by atoms with Gasteiger partial charge in [-0.15, -0.1) is 17.9 Å². The third-order valence-electron chi connectivity index (χ3n) is 4.06. The molecule has 3 rings (SSSR count). The van der Waals surface area contributed by atoms with E-state index in [4.69, 9.17) is 4.74 Å². The number of thiophene rings is 1. The van der Waals surface area contributed by atoms with Gasteiger partial charge in [0.2, 0.25) is 5.91 Å². The number of carbonyl (C=O) groups excluding carboxylic acids is 1. The molecule has 1 aromatic rings. The number of fused-ring (bicyclic) bond motifs is 1. The smallest absolute Gasteiger partial charge is 0.252 e. The molecule has 0 spiro atoms. The molecule has 0 radical (unpaired) electrons. The monoisotopic (exact) mass is 342 g/mol. The van der Waals surface area contributed by atoms with Crippen LogP contribution in [-0.2, 0) is 19.6 Å². The number of nitrogens with zero attached hydrogens (tertiary/aromatic N) is 2. The molecule has 1 amide bonds. The Kier molecular flexibility index (Phi) is 4.11. The molecule has 2 saturated heterocycles. The minimum atomic E-state index is -3.53. The number of amides is 1. The number of sulfonamides is 1. The van der Waals surface area contributed by atoms with Gasteiger partial charge in [-0.05, 0) is 23.9 Å². The summed E-state index contributed by atoms with van der Waals surface area (Å²) >= 11 is 1.22. The highest BCUT2D eigenvalue weighted by molar-refractivity contribution is 7.91. The Morgan fingerprint density at radius 2 is 2.27 bits per heavy atom. The third-order valence-corrected chi connectivity index (χ3v) is 7.56. The Bertz CT molecular complexity index is 697. The average molecular weight is 342 g/mol. The third kappa shape index (κ3) is 2.50. The quantitative estimate of drug-likeness (QED) is 0.761. The molecule has 3 heterocycles. The summed E-state index contributed by atoms with van der Waals surface area (Å²) in [4.78, 5) is 13.6. The highest BCUT2D eigenvalue weighted by atomic mass is 32.2. The number of carbonyl (C=O) groups is 1. The molecular formula is C14H18N2O4S2. The zero-order valence-electron chi connectivity index (χ0n) is 12.3. The van der Waals surface area contributed by atoms with E-state index in [0.29, 0.717) is 10.8 Å². The predicted octanol–water partition coefficient (Wildman–Crippen LogP) is 0.843. The first-order chi connectivity index (χ1) is 10.4. The number of hydrogen-bond acceptors (Lipinski definition) is 5. The van der Waals surface area contributed by atoms with Gasteiger partial charge in [0.25, 0.3) is 10.0 Å². The van der Waals surface area contributed by atoms with Gasteiger partial charge in [0.05, 0.1) is 12.1 Å². The molecule has 2 aliphatic heterocycles. The fraction of sp³-hybridized carbons (Fsp3) is 0.500. The Morgan fingerprint density at radius 1 is 1.50 bits per heavy atom. The average Bonchev–Trinajstić information content (AvgIpc) is 3.08. The van der Waals surface area contributed by atoms with Gasteiger partial charge in [0, 0.05) is 19.6 Å². The lowest BCUT2D eigenvalue weighted by molar-refractivity contribution is -0.151. The SMILES string of the molecule is C=CCN1C(=O)CO[C@@H]2CN(S(=O)(=O)c3sccc3C)C[C@H]21. The van der Waals surface area contributed by atoms with Gasteiger partial charge in [0.15, 0.2) is 0 Å². The zero-order chi connectivity index (χ0) is 15.9. The molecule has 120 valence electrons. The second-order valence-electron chi connectivity index (χ2n) is 5.46. The van der Waals surface area contributed by atoms with Crippen molar-refractivity contribution < 1.29 is 17.9 Å². The summed E-state index contributed by atoms with van der Waals surface area (Å²) < 4.78 is 32.9. The molecule has 22 heavy (non-hydrogen) atoms. The molecule has 0 unspecified atom stereocenters. The molecule has 0 aliphatic carbocycles. The van der Waals surface area contributed by atoms with Crippen molar-refractivity contribution in [2.45, 2.75) is 23.3 Å². The van der Waals surface area contributed by atoms with E-state index in [2.05, 4.69) is 6.58 Å². The summed E-state index contributed by atoms with van der Waals surface area (Å²) in [5, 5.41) is 1.77. The van der Waals surface area contributed by atoms with Gasteiger partial charge in [-0.1, -0.05) is 6.08 Å². The Morgan fingerprint density at radius 3 is 2.91 bits per heavy atom. The van der Waals surface area contributed by atoms with E-state index in [-0.39, 0.29) is 37.7 Å². The first-order valence-corrected chi connectivity index (χ1v) is 9.33. The molecule has 2 aliphatic rings. The van der Waals surface area contributed by atoms with E-state index in [1.807, 2.05) is 0 Å². The molecule has 0 aromatic carbocycles. The second kappa shape index (κ2) is 5.77. The maximum absolute atomic E-state index is 12.8. The molecule has 2 atom stereocenters. The van der Waals surface area contributed by atoms with Crippen molar-refractivity contribution >= 4 is 27.3 Å². The van der Waals surface area contributed by atoms with Gasteiger partial charge in [-0.2, -0.15) is 4.31 Å². The van der Waals surface area contributed by atoms with E-state index in [1.54, 1.807) is 29.3 Å². The fourth-order valence-electron chi connectivity index (χ4n) is 2.95. The van der Waals surface area contributed by atoms with Crippen LogP contribution in [0.3, 0.4) is 0 Å². The number of ether oxygens (including phenoxy) is 1. The summed E-state index contributed by atoms with van der Waals surface area (Å²) in [5.74, 6) is -0.118. The molecule has 0 saturated carbocycles. The van der Waals surface area contributed by atoms with Gasteiger partial charge in [0.1, 0.15) is 10.8 Å². The number of aryl methyl sites for hydroxylation is 1. The summed E-state index contributed by atoms with van der Waals surface area (Å²) in [5.41, 5.74) is 0.750. The minimum Gasteiger partial charge on any atom is -0.365 e. The molecule has 8 heteroatoms. The van der Waals surface area contributed by atoms with Gasteiger partial charge in [-0.3, -0.25) is 4.79 Å². The molecule has 1 aromatic heterocycles. The minimum absolute atomic E-state index is 0.000917. The van der Waals surface area contributed by atoms with E-state index >= 15 is 0 Å². The van der Waals surface area contributed by atoms with Crippen LogP contribution in [0.2, 0.25) is 0 Å². The summed E-state index contributed by atoms with van der Waals surface area (Å²) in [6, 6.07) is 1.55. The lowest BCUT2D eigenvalue weighted by atomic mass is 10.1. The highest BCUT2D eigenvalue weighted by Gasteiger charge is 2.46. The van der Waals surface area contributed by atoms with Crippen molar-refractivity contribution in [3.63, 3.8) is 0 Å². The van der Waals surface area contributed by atoms with Crippen LogP contribution in [0.15, 0.2) is 28.3 Å². The van der Waals surface area contributed by atoms with Crippen molar-refractivity contribution in [3.05, 3.63) is 29.7 Å². The molecule has 2 fully saturated rings. The number of hydrogen-bond donors (Lipinski definition) is 0. The topological polar surface area (TPSA) is 66.9 Å².